The van der Waals surface area contributed by atoms with E-state index in [1.54, 1.807) is 0 Å². The SMILES string of the molecule is c1ccc(-c2nc(-c3ccc4[te]c5ccccc5c4c3)nc3ccccc23)cc1. The topological polar surface area (TPSA) is 25.8 Å². The number of hydrogen-bond acceptors (Lipinski definition) is 2. The van der Waals surface area contributed by atoms with E-state index in [-0.39, 0.29) is 20.4 Å². The van der Waals surface area contributed by atoms with Crippen LogP contribution in [0.15, 0.2) is 97.1 Å². The van der Waals surface area contributed by atoms with E-state index in [0.29, 0.717) is 0 Å². The molecule has 6 rings (SSSR count). The molecule has 4 aromatic carbocycles. The molecule has 0 bridgehead atoms. The number of hydrogen-bond donors (Lipinski definition) is 0. The van der Waals surface area contributed by atoms with Gasteiger partial charge in [0, 0.05) is 0 Å². The van der Waals surface area contributed by atoms with Gasteiger partial charge in [-0.2, -0.15) is 0 Å². The monoisotopic (exact) mass is 486 g/mol. The van der Waals surface area contributed by atoms with E-state index in [1.807, 2.05) is 12.1 Å². The quantitative estimate of drug-likeness (QED) is 0.269. The van der Waals surface area contributed by atoms with Crippen LogP contribution in [0, 0.1) is 0 Å². The molecule has 2 nitrogen and oxygen atoms in total. The fraction of sp³-hybridized carbons (Fsp3) is 0. The molecular weight excluding hydrogens is 468 g/mol. The normalized spacial score (nSPS) is 11.4. The zero-order valence-corrected chi connectivity index (χ0v) is 17.9. The average Bonchev–Trinajstić information content (AvgIpc) is 3.17. The Bertz CT molecular complexity index is 1500. The number of fused-ring (bicyclic) bond motifs is 4. The van der Waals surface area contributed by atoms with Crippen LogP contribution in [0.3, 0.4) is 0 Å². The van der Waals surface area contributed by atoms with Crippen LogP contribution in [0.5, 0.6) is 0 Å². The summed E-state index contributed by atoms with van der Waals surface area (Å²) in [6, 6.07) is 34.2. The second kappa shape index (κ2) is 6.81. The first-order valence-electron chi connectivity index (χ1n) is 9.61. The van der Waals surface area contributed by atoms with Gasteiger partial charge in [-0.25, -0.2) is 0 Å². The number of nitrogens with zero attached hydrogens (tertiary/aromatic N) is 2. The summed E-state index contributed by atoms with van der Waals surface area (Å²) in [5.41, 5.74) is 4.16. The van der Waals surface area contributed by atoms with Crippen LogP contribution < -0.4 is 0 Å². The minimum atomic E-state index is -0.292. The second-order valence-electron chi connectivity index (χ2n) is 7.09. The number of aromatic nitrogens is 2. The molecule has 29 heavy (non-hydrogen) atoms. The molecule has 136 valence electrons. The van der Waals surface area contributed by atoms with Crippen molar-refractivity contribution in [2.75, 3.05) is 0 Å². The maximum atomic E-state index is 5.02. The average molecular weight is 484 g/mol. The molecule has 0 saturated heterocycles. The summed E-state index contributed by atoms with van der Waals surface area (Å²) in [6.07, 6.45) is 0. The van der Waals surface area contributed by atoms with E-state index in [0.717, 1.165) is 33.5 Å². The van der Waals surface area contributed by atoms with Gasteiger partial charge in [0.1, 0.15) is 0 Å². The Labute approximate surface area is 178 Å². The third-order valence-corrected chi connectivity index (χ3v) is 8.57. The third kappa shape index (κ3) is 2.86. The summed E-state index contributed by atoms with van der Waals surface area (Å²) in [7, 11) is 0. The third-order valence-electron chi connectivity index (χ3n) is 5.29. The fourth-order valence-corrected chi connectivity index (χ4v) is 6.99. The summed E-state index contributed by atoms with van der Waals surface area (Å²) in [5.74, 6) is 0.787. The first-order chi connectivity index (χ1) is 14.4. The van der Waals surface area contributed by atoms with Gasteiger partial charge in [-0.1, -0.05) is 0 Å². The molecule has 6 aromatic rings. The van der Waals surface area contributed by atoms with Gasteiger partial charge in [-0.3, -0.25) is 0 Å². The summed E-state index contributed by atoms with van der Waals surface area (Å²) in [5, 5.41) is 3.83. The Kier molecular flexibility index (Phi) is 3.97. The summed E-state index contributed by atoms with van der Waals surface area (Å²) in [4.78, 5) is 9.93. The molecule has 0 fully saturated rings. The molecule has 0 atom stereocenters. The number of benzene rings is 4. The van der Waals surface area contributed by atoms with Gasteiger partial charge in [-0.05, 0) is 0 Å². The van der Waals surface area contributed by atoms with Crippen molar-refractivity contribution in [3.05, 3.63) is 97.1 Å². The maximum absolute atomic E-state index is 5.02. The van der Waals surface area contributed by atoms with Crippen LogP contribution >= 0.6 is 0 Å². The van der Waals surface area contributed by atoms with Gasteiger partial charge >= 0.3 is 179 Å². The van der Waals surface area contributed by atoms with Crippen LogP contribution in [0.2, 0.25) is 0 Å². The molecule has 0 aliphatic carbocycles. The van der Waals surface area contributed by atoms with E-state index in [9.17, 15) is 0 Å². The summed E-state index contributed by atoms with van der Waals surface area (Å²) in [6.45, 7) is 0. The molecule has 0 N–H and O–H groups in total. The molecule has 2 heterocycles. The van der Waals surface area contributed by atoms with E-state index < -0.39 is 0 Å². The van der Waals surface area contributed by atoms with E-state index in [4.69, 9.17) is 9.97 Å². The van der Waals surface area contributed by atoms with E-state index in [1.165, 1.54) is 17.6 Å². The van der Waals surface area contributed by atoms with Gasteiger partial charge in [0.15, 0.2) is 0 Å². The molecule has 0 spiro atoms. The summed E-state index contributed by atoms with van der Waals surface area (Å²) < 4.78 is 3.03. The van der Waals surface area contributed by atoms with E-state index >= 15 is 0 Å². The first kappa shape index (κ1) is 16.9. The van der Waals surface area contributed by atoms with Crippen molar-refractivity contribution < 1.29 is 0 Å². The van der Waals surface area contributed by atoms with Crippen LogP contribution in [0.1, 0.15) is 0 Å². The van der Waals surface area contributed by atoms with Gasteiger partial charge < -0.3 is 0 Å². The molecule has 0 saturated carbocycles. The van der Waals surface area contributed by atoms with Crippen molar-refractivity contribution in [1.82, 2.24) is 9.97 Å². The number of rotatable bonds is 2. The Hall–Kier alpha value is -2.99. The fourth-order valence-electron chi connectivity index (χ4n) is 3.89. The van der Waals surface area contributed by atoms with Crippen LogP contribution in [0.4, 0.5) is 0 Å². The zero-order chi connectivity index (χ0) is 19.2. The summed E-state index contributed by atoms with van der Waals surface area (Å²) >= 11 is -0.292. The molecular formula is C26H16N2Te. The Morgan fingerprint density at radius 1 is 0.517 bits per heavy atom. The molecule has 3 heteroatoms. The molecule has 2 aromatic heterocycles. The molecule has 0 aliphatic rings. The van der Waals surface area contributed by atoms with Gasteiger partial charge in [0.25, 0.3) is 0 Å². The number of para-hydroxylation sites is 1. The van der Waals surface area contributed by atoms with Crippen molar-refractivity contribution in [3.8, 4) is 22.6 Å². The molecule has 0 unspecified atom stereocenters. The van der Waals surface area contributed by atoms with Crippen molar-refractivity contribution in [3.63, 3.8) is 0 Å². The van der Waals surface area contributed by atoms with Gasteiger partial charge in [0.05, 0.1) is 0 Å². The van der Waals surface area contributed by atoms with Crippen LogP contribution in [-0.2, 0) is 0 Å². The van der Waals surface area contributed by atoms with Crippen molar-refractivity contribution in [2.45, 2.75) is 0 Å². The molecule has 0 radical (unpaired) electrons. The van der Waals surface area contributed by atoms with Crippen LogP contribution in [0.25, 0.3) is 51.1 Å². The minimum absolute atomic E-state index is 0.292. The predicted molar refractivity (Wildman–Crippen MR) is 122 cm³/mol. The zero-order valence-electron chi connectivity index (χ0n) is 15.5. The first-order valence-corrected chi connectivity index (χ1v) is 11.9. The standard InChI is InChI=1S/C26H16N2Te/c1-2-8-17(9-3-1)25-20-11-4-6-12-22(20)27-26(28-25)18-14-15-24-21(16-18)19-10-5-7-13-23(19)29-24/h1-16H. The van der Waals surface area contributed by atoms with Crippen LogP contribution in [-0.4, -0.2) is 30.4 Å². The molecule has 0 aliphatic heterocycles. The van der Waals surface area contributed by atoms with E-state index in [2.05, 4.69) is 84.9 Å². The Morgan fingerprint density at radius 2 is 1.24 bits per heavy atom. The Balaban J connectivity index is 1.62. The molecule has 0 amide bonds. The van der Waals surface area contributed by atoms with Crippen molar-refractivity contribution in [2.24, 2.45) is 0 Å². The van der Waals surface area contributed by atoms with Crippen molar-refractivity contribution in [1.29, 1.82) is 0 Å². The van der Waals surface area contributed by atoms with Gasteiger partial charge in [0.2, 0.25) is 0 Å². The predicted octanol–water partition coefficient (Wildman–Crippen LogP) is 6.33. The second-order valence-corrected chi connectivity index (χ2v) is 10.2. The van der Waals surface area contributed by atoms with Gasteiger partial charge in [-0.15, -0.1) is 0 Å². The Morgan fingerprint density at radius 3 is 2.14 bits per heavy atom. The van der Waals surface area contributed by atoms with Crippen molar-refractivity contribution >= 4 is 48.9 Å².